The third-order valence-electron chi connectivity index (χ3n) is 3.67. The van der Waals surface area contributed by atoms with Gasteiger partial charge >= 0.3 is 6.03 Å². The molecule has 0 aliphatic carbocycles. The molecule has 1 aromatic heterocycles. The Kier molecular flexibility index (Phi) is 5.21. The summed E-state index contributed by atoms with van der Waals surface area (Å²) in [5, 5.41) is 6.52. The number of urea groups is 1. The maximum Gasteiger partial charge on any atom is 0.321 e. The molecule has 0 bridgehead atoms. The molecular weight excluding hydrogens is 342 g/mol. The van der Waals surface area contributed by atoms with Crippen LogP contribution in [0.15, 0.2) is 53.1 Å². The van der Waals surface area contributed by atoms with Gasteiger partial charge in [0.05, 0.1) is 0 Å². The lowest BCUT2D eigenvalue weighted by Gasteiger charge is -2.17. The van der Waals surface area contributed by atoms with Gasteiger partial charge < -0.3 is 14.7 Å². The third-order valence-corrected chi connectivity index (χ3v) is 3.67. The number of amides is 2. The van der Waals surface area contributed by atoms with Gasteiger partial charge in [0.15, 0.2) is 5.82 Å². The summed E-state index contributed by atoms with van der Waals surface area (Å²) in [6.07, 6.45) is 0.387. The zero-order valence-corrected chi connectivity index (χ0v) is 13.9. The van der Waals surface area contributed by atoms with Crippen LogP contribution in [-0.2, 0) is 6.42 Å². The summed E-state index contributed by atoms with van der Waals surface area (Å²) in [5.41, 5.74) is 1.12. The molecule has 134 valence electrons. The van der Waals surface area contributed by atoms with Crippen molar-refractivity contribution < 1.29 is 18.1 Å². The quantitative estimate of drug-likeness (QED) is 0.755. The van der Waals surface area contributed by atoms with Gasteiger partial charge in [-0.3, -0.25) is 0 Å². The van der Waals surface area contributed by atoms with Crippen molar-refractivity contribution in [2.45, 2.75) is 6.42 Å². The van der Waals surface area contributed by atoms with Crippen LogP contribution in [0.3, 0.4) is 0 Å². The number of carbonyl (C=O) groups excluding carboxylic acids is 1. The van der Waals surface area contributed by atoms with Crippen molar-refractivity contribution in [2.75, 3.05) is 18.9 Å². The summed E-state index contributed by atoms with van der Waals surface area (Å²) in [6.45, 7) is 0.357. The monoisotopic (exact) mass is 358 g/mol. The maximum atomic E-state index is 12.9. The Morgan fingerprint density at radius 2 is 1.69 bits per heavy atom. The van der Waals surface area contributed by atoms with Crippen molar-refractivity contribution in [3.8, 4) is 11.5 Å². The average Bonchev–Trinajstić information content (AvgIpc) is 3.11. The molecule has 0 atom stereocenters. The molecule has 3 aromatic rings. The van der Waals surface area contributed by atoms with E-state index in [1.54, 1.807) is 19.2 Å². The van der Waals surface area contributed by atoms with E-state index in [0.717, 1.165) is 0 Å². The molecule has 0 aliphatic heterocycles. The fourth-order valence-electron chi connectivity index (χ4n) is 2.19. The zero-order chi connectivity index (χ0) is 18.5. The van der Waals surface area contributed by atoms with Crippen molar-refractivity contribution >= 4 is 11.7 Å². The van der Waals surface area contributed by atoms with E-state index in [1.807, 2.05) is 0 Å². The van der Waals surface area contributed by atoms with Gasteiger partial charge in [-0.15, -0.1) is 0 Å². The van der Waals surface area contributed by atoms with E-state index in [2.05, 4.69) is 15.5 Å². The maximum absolute atomic E-state index is 12.9. The largest absolute Gasteiger partial charge is 0.334 e. The number of hydrogen-bond acceptors (Lipinski definition) is 4. The van der Waals surface area contributed by atoms with E-state index in [1.165, 1.54) is 41.3 Å². The molecule has 2 aromatic carbocycles. The van der Waals surface area contributed by atoms with Gasteiger partial charge in [-0.25, -0.2) is 13.6 Å². The van der Waals surface area contributed by atoms with Gasteiger partial charge in [-0.2, -0.15) is 4.98 Å². The highest BCUT2D eigenvalue weighted by Crippen LogP contribution is 2.17. The van der Waals surface area contributed by atoms with Crippen LogP contribution in [0.4, 0.5) is 19.3 Å². The first-order valence-corrected chi connectivity index (χ1v) is 7.87. The van der Waals surface area contributed by atoms with Gasteiger partial charge in [-0.1, -0.05) is 5.16 Å². The summed E-state index contributed by atoms with van der Waals surface area (Å²) in [7, 11) is 1.62. The lowest BCUT2D eigenvalue weighted by atomic mass is 10.2. The van der Waals surface area contributed by atoms with Crippen LogP contribution in [0.1, 0.15) is 5.82 Å². The number of nitrogens with one attached hydrogen (secondary N) is 1. The molecular formula is C18H16F2N4O2. The van der Waals surface area contributed by atoms with Crippen LogP contribution < -0.4 is 5.32 Å². The molecule has 1 heterocycles. The van der Waals surface area contributed by atoms with Crippen molar-refractivity contribution in [1.29, 1.82) is 0 Å². The molecule has 26 heavy (non-hydrogen) atoms. The van der Waals surface area contributed by atoms with Crippen LogP contribution in [0, 0.1) is 11.6 Å². The number of anilines is 1. The standard InChI is InChI=1S/C18H16F2N4O2/c1-24(18(25)21-15-8-6-14(20)7-9-15)11-10-16-22-17(26-23-16)12-2-4-13(19)5-3-12/h2-9H,10-11H2,1H3,(H,21,25). The van der Waals surface area contributed by atoms with Crippen molar-refractivity contribution in [3.05, 3.63) is 66.0 Å². The normalized spacial score (nSPS) is 10.6. The fraction of sp³-hybridized carbons (Fsp3) is 0.167. The van der Waals surface area contributed by atoms with Crippen LogP contribution in [0.5, 0.6) is 0 Å². The Hall–Kier alpha value is -3.29. The summed E-state index contributed by atoms with van der Waals surface area (Å²) in [6, 6.07) is 10.9. The van der Waals surface area contributed by atoms with Crippen LogP contribution >= 0.6 is 0 Å². The van der Waals surface area contributed by atoms with Gasteiger partial charge in [0, 0.05) is 31.3 Å². The van der Waals surface area contributed by atoms with E-state index in [4.69, 9.17) is 4.52 Å². The second-order valence-electron chi connectivity index (χ2n) is 5.63. The molecule has 0 radical (unpaired) electrons. The molecule has 0 saturated carbocycles. The summed E-state index contributed by atoms with van der Waals surface area (Å²) in [4.78, 5) is 17.8. The molecule has 2 amide bonds. The highest BCUT2D eigenvalue weighted by atomic mass is 19.1. The van der Waals surface area contributed by atoms with E-state index < -0.39 is 0 Å². The Morgan fingerprint density at radius 3 is 2.35 bits per heavy atom. The topological polar surface area (TPSA) is 71.3 Å². The molecule has 0 saturated heterocycles. The van der Waals surface area contributed by atoms with Crippen LogP contribution in [0.25, 0.3) is 11.5 Å². The molecule has 0 fully saturated rings. The lowest BCUT2D eigenvalue weighted by molar-refractivity contribution is 0.222. The summed E-state index contributed by atoms with van der Waals surface area (Å²) >= 11 is 0. The predicted molar refractivity (Wildman–Crippen MR) is 91.4 cm³/mol. The number of rotatable bonds is 5. The van der Waals surface area contributed by atoms with Crippen molar-refractivity contribution in [3.63, 3.8) is 0 Å². The smallest absolute Gasteiger partial charge is 0.321 e. The molecule has 0 unspecified atom stereocenters. The summed E-state index contributed by atoms with van der Waals surface area (Å²) in [5.74, 6) is 0.0110. The van der Waals surface area contributed by atoms with Crippen molar-refractivity contribution in [2.24, 2.45) is 0 Å². The lowest BCUT2D eigenvalue weighted by Crippen LogP contribution is -2.33. The van der Waals surface area contributed by atoms with E-state index in [0.29, 0.717) is 35.9 Å². The molecule has 0 spiro atoms. The molecule has 1 N–H and O–H groups in total. The molecule has 8 heteroatoms. The number of nitrogens with zero attached hydrogens (tertiary/aromatic N) is 3. The predicted octanol–water partition coefficient (Wildman–Crippen LogP) is 3.72. The minimum atomic E-state index is -0.370. The molecule has 3 rings (SSSR count). The Labute approximate surface area is 148 Å². The third kappa shape index (κ3) is 4.41. The fourth-order valence-corrected chi connectivity index (χ4v) is 2.19. The minimum Gasteiger partial charge on any atom is -0.334 e. The van der Waals surface area contributed by atoms with Crippen LogP contribution in [0.2, 0.25) is 0 Å². The minimum absolute atomic E-state index is 0.290. The van der Waals surface area contributed by atoms with E-state index >= 15 is 0 Å². The first-order valence-electron chi connectivity index (χ1n) is 7.87. The number of hydrogen-bond donors (Lipinski definition) is 1. The molecule has 6 nitrogen and oxygen atoms in total. The van der Waals surface area contributed by atoms with Gasteiger partial charge in [0.25, 0.3) is 5.89 Å². The number of halogens is 2. The summed E-state index contributed by atoms with van der Waals surface area (Å²) < 4.78 is 31.0. The number of carbonyl (C=O) groups is 1. The Bertz CT molecular complexity index is 879. The SMILES string of the molecule is CN(CCc1noc(-c2ccc(F)cc2)n1)C(=O)Nc1ccc(F)cc1. The first kappa shape index (κ1) is 17.5. The Balaban J connectivity index is 1.54. The second kappa shape index (κ2) is 7.73. The van der Waals surface area contributed by atoms with E-state index in [-0.39, 0.29) is 17.7 Å². The average molecular weight is 358 g/mol. The molecule has 0 aliphatic rings. The highest BCUT2D eigenvalue weighted by Gasteiger charge is 2.13. The van der Waals surface area contributed by atoms with Gasteiger partial charge in [0.1, 0.15) is 11.6 Å². The first-order chi connectivity index (χ1) is 12.5. The van der Waals surface area contributed by atoms with Gasteiger partial charge in [-0.05, 0) is 48.5 Å². The zero-order valence-electron chi connectivity index (χ0n) is 13.9. The number of benzene rings is 2. The number of aromatic nitrogens is 2. The second-order valence-corrected chi connectivity index (χ2v) is 5.63. The Morgan fingerprint density at radius 1 is 1.08 bits per heavy atom. The van der Waals surface area contributed by atoms with E-state index in [9.17, 15) is 13.6 Å². The van der Waals surface area contributed by atoms with Gasteiger partial charge in [0.2, 0.25) is 0 Å². The number of likely N-dealkylation sites (N-methyl/N-ethyl adjacent to an activating group) is 1. The van der Waals surface area contributed by atoms with Crippen LogP contribution in [-0.4, -0.2) is 34.7 Å². The van der Waals surface area contributed by atoms with Crippen molar-refractivity contribution in [1.82, 2.24) is 15.0 Å². The highest BCUT2D eigenvalue weighted by molar-refractivity contribution is 5.89.